The topological polar surface area (TPSA) is 25.2 Å². The Morgan fingerprint density at radius 3 is 3.00 bits per heavy atom. The summed E-state index contributed by atoms with van der Waals surface area (Å²) in [6, 6.07) is 2.47. The standard InChI is InChI=1S/C15H23NO/c1-3-14-13(10-11-17-14)15(16-2)12-8-6-4-5-7-9-12/h8,10-11,15-16H,3-7,9H2,1-2H3. The summed E-state index contributed by atoms with van der Waals surface area (Å²) in [5.41, 5.74) is 2.87. The fraction of sp³-hybridized carbons (Fsp3) is 0.600. The molecule has 1 heterocycles. The zero-order chi connectivity index (χ0) is 12.1. The Bertz CT molecular complexity index is 378. The summed E-state index contributed by atoms with van der Waals surface area (Å²) in [6.07, 6.45) is 11.7. The molecule has 0 spiro atoms. The Morgan fingerprint density at radius 2 is 2.24 bits per heavy atom. The molecule has 2 rings (SSSR count). The SMILES string of the molecule is CCc1occc1C(NC)C1=CCCCCC1. The Morgan fingerprint density at radius 1 is 1.35 bits per heavy atom. The van der Waals surface area contributed by atoms with Crippen molar-refractivity contribution >= 4 is 0 Å². The molecule has 0 amide bonds. The second-order valence-electron chi connectivity index (χ2n) is 4.75. The van der Waals surface area contributed by atoms with Crippen LogP contribution in [0, 0.1) is 0 Å². The molecular weight excluding hydrogens is 210 g/mol. The van der Waals surface area contributed by atoms with Gasteiger partial charge in [-0.3, -0.25) is 0 Å². The molecule has 0 fully saturated rings. The highest BCUT2D eigenvalue weighted by Crippen LogP contribution is 2.31. The van der Waals surface area contributed by atoms with Gasteiger partial charge in [-0.15, -0.1) is 0 Å². The van der Waals surface area contributed by atoms with Gasteiger partial charge in [0, 0.05) is 12.0 Å². The lowest BCUT2D eigenvalue weighted by Gasteiger charge is -2.19. The first-order valence-electron chi connectivity index (χ1n) is 6.79. The zero-order valence-corrected chi connectivity index (χ0v) is 11.0. The second-order valence-corrected chi connectivity index (χ2v) is 4.75. The molecule has 2 heteroatoms. The van der Waals surface area contributed by atoms with E-state index in [0.29, 0.717) is 6.04 Å². The van der Waals surface area contributed by atoms with E-state index in [4.69, 9.17) is 4.42 Å². The van der Waals surface area contributed by atoms with Crippen molar-refractivity contribution in [2.75, 3.05) is 7.05 Å². The van der Waals surface area contributed by atoms with Gasteiger partial charge in [0.2, 0.25) is 0 Å². The van der Waals surface area contributed by atoms with Crippen LogP contribution in [0.3, 0.4) is 0 Å². The number of allylic oxidation sites excluding steroid dienone is 1. The van der Waals surface area contributed by atoms with Crippen LogP contribution in [-0.2, 0) is 6.42 Å². The normalized spacial score (nSPS) is 18.6. The first-order chi connectivity index (χ1) is 8.36. The van der Waals surface area contributed by atoms with E-state index < -0.39 is 0 Å². The van der Waals surface area contributed by atoms with Crippen molar-refractivity contribution in [2.45, 2.75) is 51.5 Å². The fourth-order valence-corrected chi connectivity index (χ4v) is 2.74. The lowest BCUT2D eigenvalue weighted by molar-refractivity contribution is 0.502. The first-order valence-corrected chi connectivity index (χ1v) is 6.79. The third-order valence-corrected chi connectivity index (χ3v) is 3.65. The maximum Gasteiger partial charge on any atom is 0.108 e. The first kappa shape index (κ1) is 12.4. The van der Waals surface area contributed by atoms with Gasteiger partial charge in [-0.05, 0) is 38.8 Å². The minimum Gasteiger partial charge on any atom is -0.469 e. The van der Waals surface area contributed by atoms with Crippen molar-refractivity contribution in [3.05, 3.63) is 35.3 Å². The lowest BCUT2D eigenvalue weighted by Crippen LogP contribution is -2.19. The van der Waals surface area contributed by atoms with Crippen LogP contribution in [0.25, 0.3) is 0 Å². The maximum absolute atomic E-state index is 5.55. The van der Waals surface area contributed by atoms with Crippen LogP contribution in [-0.4, -0.2) is 7.05 Å². The summed E-state index contributed by atoms with van der Waals surface area (Å²) >= 11 is 0. The highest BCUT2D eigenvalue weighted by molar-refractivity contribution is 5.30. The number of hydrogen-bond acceptors (Lipinski definition) is 2. The molecule has 0 bridgehead atoms. The second kappa shape index (κ2) is 6.06. The van der Waals surface area contributed by atoms with Crippen molar-refractivity contribution < 1.29 is 4.42 Å². The Labute approximate surface area is 104 Å². The van der Waals surface area contributed by atoms with Gasteiger partial charge < -0.3 is 9.73 Å². The minimum atomic E-state index is 0.349. The van der Waals surface area contributed by atoms with E-state index in [2.05, 4.69) is 24.4 Å². The van der Waals surface area contributed by atoms with Crippen LogP contribution in [0.5, 0.6) is 0 Å². The van der Waals surface area contributed by atoms with Crippen molar-refractivity contribution in [3.63, 3.8) is 0 Å². The molecule has 1 aliphatic carbocycles. The van der Waals surface area contributed by atoms with E-state index in [-0.39, 0.29) is 0 Å². The Balaban J connectivity index is 2.23. The highest BCUT2D eigenvalue weighted by Gasteiger charge is 2.19. The van der Waals surface area contributed by atoms with Crippen LogP contribution in [0.1, 0.15) is 56.4 Å². The number of nitrogens with one attached hydrogen (secondary N) is 1. The fourth-order valence-electron chi connectivity index (χ4n) is 2.74. The van der Waals surface area contributed by atoms with E-state index in [1.807, 2.05) is 13.3 Å². The van der Waals surface area contributed by atoms with Gasteiger partial charge in [-0.2, -0.15) is 0 Å². The van der Waals surface area contributed by atoms with Crippen molar-refractivity contribution in [1.82, 2.24) is 5.32 Å². The zero-order valence-electron chi connectivity index (χ0n) is 11.0. The van der Waals surface area contributed by atoms with Gasteiger partial charge in [-0.25, -0.2) is 0 Å². The molecular formula is C15H23NO. The Hall–Kier alpha value is -1.02. The van der Waals surface area contributed by atoms with Crippen molar-refractivity contribution in [1.29, 1.82) is 0 Å². The molecule has 0 saturated carbocycles. The quantitative estimate of drug-likeness (QED) is 0.795. The summed E-state index contributed by atoms with van der Waals surface area (Å²) in [7, 11) is 2.04. The average Bonchev–Trinajstić information content (AvgIpc) is 2.65. The van der Waals surface area contributed by atoms with Gasteiger partial charge in [-0.1, -0.05) is 25.0 Å². The van der Waals surface area contributed by atoms with E-state index in [9.17, 15) is 0 Å². The molecule has 0 aliphatic heterocycles. The smallest absolute Gasteiger partial charge is 0.108 e. The van der Waals surface area contributed by atoms with E-state index in [1.54, 1.807) is 5.57 Å². The molecule has 0 aromatic carbocycles. The number of furan rings is 1. The molecule has 1 aromatic rings. The Kier molecular flexibility index (Phi) is 4.43. The summed E-state index contributed by atoms with van der Waals surface area (Å²) in [4.78, 5) is 0. The summed E-state index contributed by atoms with van der Waals surface area (Å²) in [6.45, 7) is 2.15. The maximum atomic E-state index is 5.55. The van der Waals surface area contributed by atoms with E-state index in [1.165, 1.54) is 37.7 Å². The predicted molar refractivity (Wildman–Crippen MR) is 71.1 cm³/mol. The highest BCUT2D eigenvalue weighted by atomic mass is 16.3. The third-order valence-electron chi connectivity index (χ3n) is 3.65. The third kappa shape index (κ3) is 2.81. The molecule has 17 heavy (non-hydrogen) atoms. The molecule has 94 valence electrons. The van der Waals surface area contributed by atoms with Crippen LogP contribution >= 0.6 is 0 Å². The van der Waals surface area contributed by atoms with Crippen LogP contribution in [0.4, 0.5) is 0 Å². The molecule has 0 saturated heterocycles. The predicted octanol–water partition coefficient (Wildman–Crippen LogP) is 3.99. The molecule has 1 unspecified atom stereocenters. The van der Waals surface area contributed by atoms with Crippen molar-refractivity contribution in [2.24, 2.45) is 0 Å². The van der Waals surface area contributed by atoms with Gasteiger partial charge in [0.15, 0.2) is 0 Å². The van der Waals surface area contributed by atoms with Crippen LogP contribution < -0.4 is 5.32 Å². The molecule has 1 aromatic heterocycles. The summed E-state index contributed by atoms with van der Waals surface area (Å²) in [5.74, 6) is 1.12. The van der Waals surface area contributed by atoms with E-state index in [0.717, 1.165) is 12.2 Å². The molecule has 1 atom stereocenters. The van der Waals surface area contributed by atoms with Gasteiger partial charge in [0.05, 0.1) is 12.3 Å². The molecule has 1 N–H and O–H groups in total. The monoisotopic (exact) mass is 233 g/mol. The molecule has 2 nitrogen and oxygen atoms in total. The van der Waals surface area contributed by atoms with E-state index >= 15 is 0 Å². The summed E-state index contributed by atoms with van der Waals surface area (Å²) in [5, 5.41) is 3.45. The van der Waals surface area contributed by atoms with Crippen molar-refractivity contribution in [3.8, 4) is 0 Å². The van der Waals surface area contributed by atoms with Gasteiger partial charge in [0.1, 0.15) is 5.76 Å². The van der Waals surface area contributed by atoms with Gasteiger partial charge in [0.25, 0.3) is 0 Å². The number of rotatable bonds is 4. The number of hydrogen-bond donors (Lipinski definition) is 1. The number of aryl methyl sites for hydroxylation is 1. The lowest BCUT2D eigenvalue weighted by atomic mass is 9.95. The van der Waals surface area contributed by atoms with Crippen LogP contribution in [0.15, 0.2) is 28.4 Å². The number of likely N-dealkylation sites (N-methyl/N-ethyl adjacent to an activating group) is 1. The average molecular weight is 233 g/mol. The molecule has 1 aliphatic rings. The molecule has 0 radical (unpaired) electrons. The van der Waals surface area contributed by atoms with Gasteiger partial charge >= 0.3 is 0 Å². The summed E-state index contributed by atoms with van der Waals surface area (Å²) < 4.78 is 5.55. The largest absolute Gasteiger partial charge is 0.469 e. The van der Waals surface area contributed by atoms with Crippen LogP contribution in [0.2, 0.25) is 0 Å². The minimum absolute atomic E-state index is 0.349.